The van der Waals surface area contributed by atoms with Crippen LogP contribution in [0.2, 0.25) is 0 Å². The molecule has 2 heterocycles. The topological polar surface area (TPSA) is 75.8 Å². The van der Waals surface area contributed by atoms with Gasteiger partial charge in [-0.1, -0.05) is 18.2 Å². The number of H-pyrrole nitrogens is 1. The van der Waals surface area contributed by atoms with Crippen molar-refractivity contribution in [1.29, 1.82) is 0 Å². The average Bonchev–Trinajstić information content (AvgIpc) is 3.14. The Morgan fingerprint density at radius 1 is 1.30 bits per heavy atom. The minimum atomic E-state index is 0.170. The molecule has 1 saturated heterocycles. The van der Waals surface area contributed by atoms with Gasteiger partial charge in [0.15, 0.2) is 5.96 Å². The number of likely N-dealkylation sites (N-methyl/N-ethyl adjacent to an activating group) is 1. The molecule has 1 aliphatic rings. The number of para-hydroxylation sites is 1. The normalized spacial score (nSPS) is 16.1. The summed E-state index contributed by atoms with van der Waals surface area (Å²) < 4.78 is 0. The summed E-state index contributed by atoms with van der Waals surface area (Å²) in [5.41, 5.74) is 3.81. The zero-order valence-corrected chi connectivity index (χ0v) is 18.8. The highest BCUT2D eigenvalue weighted by molar-refractivity contribution is 5.86. The molecule has 30 heavy (non-hydrogen) atoms. The number of likely N-dealkylation sites (tertiary alicyclic amines) is 1. The van der Waals surface area contributed by atoms with Crippen molar-refractivity contribution in [2.24, 2.45) is 4.99 Å². The number of benzene rings is 1. The van der Waals surface area contributed by atoms with Gasteiger partial charge in [-0.2, -0.15) is 0 Å². The molecule has 0 radical (unpaired) electrons. The molecule has 3 N–H and O–H groups in total. The number of carbonyl (C=O) groups is 1. The summed E-state index contributed by atoms with van der Waals surface area (Å²) in [4.78, 5) is 24.0. The summed E-state index contributed by atoms with van der Waals surface area (Å²) in [5, 5.41) is 8.25. The lowest BCUT2D eigenvalue weighted by Gasteiger charge is -2.33. The summed E-state index contributed by atoms with van der Waals surface area (Å²) in [7, 11) is 3.63. The van der Waals surface area contributed by atoms with Crippen molar-refractivity contribution in [1.82, 2.24) is 25.4 Å². The van der Waals surface area contributed by atoms with Crippen molar-refractivity contribution in [3.8, 4) is 0 Å². The number of amides is 1. The van der Waals surface area contributed by atoms with Gasteiger partial charge in [0, 0.05) is 63.4 Å². The van der Waals surface area contributed by atoms with E-state index in [1.807, 2.05) is 14.1 Å². The Hall–Kier alpha value is -2.54. The molecule has 0 saturated carbocycles. The van der Waals surface area contributed by atoms with Crippen LogP contribution in [-0.4, -0.2) is 79.5 Å². The van der Waals surface area contributed by atoms with E-state index in [0.29, 0.717) is 12.6 Å². The molecule has 0 bridgehead atoms. The van der Waals surface area contributed by atoms with Crippen molar-refractivity contribution in [2.75, 3.05) is 46.8 Å². The van der Waals surface area contributed by atoms with Crippen LogP contribution in [0.1, 0.15) is 30.9 Å². The number of carbonyl (C=O) groups excluding carboxylic acids is 1. The molecule has 1 fully saturated rings. The molecular formula is C23H36N6O. The van der Waals surface area contributed by atoms with Crippen molar-refractivity contribution in [3.05, 3.63) is 35.5 Å². The smallest absolute Gasteiger partial charge is 0.236 e. The fraction of sp³-hybridized carbons (Fsp3) is 0.565. The van der Waals surface area contributed by atoms with E-state index in [-0.39, 0.29) is 5.91 Å². The Bertz CT molecular complexity index is 864. The van der Waals surface area contributed by atoms with Gasteiger partial charge in [-0.3, -0.25) is 14.7 Å². The van der Waals surface area contributed by atoms with Gasteiger partial charge in [0.2, 0.25) is 5.91 Å². The summed E-state index contributed by atoms with van der Waals surface area (Å²) in [5.74, 6) is 1.06. The number of aliphatic imine (C=N–C) groups is 1. The Morgan fingerprint density at radius 2 is 2.07 bits per heavy atom. The standard InChI is InChI=1S/C23H36N6O/c1-5-24-23(27-19-10-13-29(14-11-19)16-21(30)28(3)4)25-12-9-18-15-26-22-17(2)7-6-8-20(18)22/h6-8,15,19,26H,5,9-14,16H2,1-4H3,(H2,24,25,27). The number of hydrogen-bond acceptors (Lipinski definition) is 3. The van der Waals surface area contributed by atoms with Crippen molar-refractivity contribution in [2.45, 2.75) is 39.2 Å². The number of fused-ring (bicyclic) bond motifs is 1. The van der Waals surface area contributed by atoms with E-state index in [1.165, 1.54) is 22.0 Å². The van der Waals surface area contributed by atoms with E-state index in [9.17, 15) is 4.79 Å². The van der Waals surface area contributed by atoms with Crippen LogP contribution in [-0.2, 0) is 11.2 Å². The molecule has 164 valence electrons. The molecule has 0 unspecified atom stereocenters. The Balaban J connectivity index is 1.51. The summed E-state index contributed by atoms with van der Waals surface area (Å²) in [6.07, 6.45) is 5.06. The molecule has 3 rings (SSSR count). The number of aromatic nitrogens is 1. The third kappa shape index (κ3) is 5.75. The second-order valence-corrected chi connectivity index (χ2v) is 8.30. The maximum Gasteiger partial charge on any atom is 0.236 e. The highest BCUT2D eigenvalue weighted by Gasteiger charge is 2.22. The predicted molar refractivity (Wildman–Crippen MR) is 124 cm³/mol. The van der Waals surface area contributed by atoms with E-state index in [0.717, 1.165) is 51.4 Å². The molecule has 1 aliphatic heterocycles. The van der Waals surface area contributed by atoms with E-state index < -0.39 is 0 Å². The number of nitrogens with zero attached hydrogens (tertiary/aromatic N) is 3. The van der Waals surface area contributed by atoms with Gasteiger partial charge in [-0.15, -0.1) is 0 Å². The maximum atomic E-state index is 11.9. The fourth-order valence-electron chi connectivity index (χ4n) is 3.94. The summed E-state index contributed by atoms with van der Waals surface area (Å²) in [6.45, 7) is 8.19. The number of aryl methyl sites for hydroxylation is 1. The van der Waals surface area contributed by atoms with E-state index in [1.54, 1.807) is 4.90 Å². The second kappa shape index (κ2) is 10.5. The molecular weight excluding hydrogens is 376 g/mol. The first-order valence-electron chi connectivity index (χ1n) is 11.0. The SMILES string of the molecule is CCNC(=NCCc1c[nH]c2c(C)cccc12)NC1CCN(CC(=O)N(C)C)CC1. The number of rotatable bonds is 7. The van der Waals surface area contributed by atoms with E-state index in [2.05, 4.69) is 58.8 Å². The molecule has 0 aliphatic carbocycles. The molecule has 0 spiro atoms. The molecule has 7 heteroatoms. The fourth-order valence-corrected chi connectivity index (χ4v) is 3.94. The highest BCUT2D eigenvalue weighted by atomic mass is 16.2. The minimum Gasteiger partial charge on any atom is -0.361 e. The van der Waals surface area contributed by atoms with Gasteiger partial charge in [0.25, 0.3) is 0 Å². The number of piperidine rings is 1. The lowest BCUT2D eigenvalue weighted by atomic mass is 10.1. The van der Waals surface area contributed by atoms with Crippen LogP contribution in [0.5, 0.6) is 0 Å². The molecule has 0 atom stereocenters. The number of nitrogens with one attached hydrogen (secondary N) is 3. The van der Waals surface area contributed by atoms with Gasteiger partial charge in [0.1, 0.15) is 0 Å². The zero-order valence-electron chi connectivity index (χ0n) is 18.8. The Labute approximate surface area is 179 Å². The van der Waals surface area contributed by atoms with Crippen molar-refractivity contribution < 1.29 is 4.79 Å². The number of guanidine groups is 1. The predicted octanol–water partition coefficient (Wildman–Crippen LogP) is 2.13. The second-order valence-electron chi connectivity index (χ2n) is 8.30. The monoisotopic (exact) mass is 412 g/mol. The first-order chi connectivity index (χ1) is 14.5. The van der Waals surface area contributed by atoms with Gasteiger partial charge < -0.3 is 20.5 Å². The highest BCUT2D eigenvalue weighted by Crippen LogP contribution is 2.21. The van der Waals surface area contributed by atoms with Crippen LogP contribution in [0.4, 0.5) is 0 Å². The zero-order chi connectivity index (χ0) is 21.5. The van der Waals surface area contributed by atoms with Crippen LogP contribution in [0.25, 0.3) is 10.9 Å². The molecule has 1 amide bonds. The quantitative estimate of drug-likeness (QED) is 0.481. The minimum absolute atomic E-state index is 0.170. The van der Waals surface area contributed by atoms with Gasteiger partial charge in [0.05, 0.1) is 6.54 Å². The first kappa shape index (κ1) is 22.2. The average molecular weight is 413 g/mol. The van der Waals surface area contributed by atoms with Crippen molar-refractivity contribution in [3.63, 3.8) is 0 Å². The number of aromatic amines is 1. The Morgan fingerprint density at radius 3 is 2.77 bits per heavy atom. The third-order valence-electron chi connectivity index (χ3n) is 5.79. The van der Waals surface area contributed by atoms with Crippen molar-refractivity contribution >= 4 is 22.8 Å². The van der Waals surface area contributed by atoms with E-state index >= 15 is 0 Å². The lowest BCUT2D eigenvalue weighted by Crippen LogP contribution is -2.50. The van der Waals surface area contributed by atoms with E-state index in [4.69, 9.17) is 4.99 Å². The number of hydrogen-bond donors (Lipinski definition) is 3. The van der Waals surface area contributed by atoms with Crippen LogP contribution in [0.15, 0.2) is 29.4 Å². The van der Waals surface area contributed by atoms with Crippen LogP contribution in [0, 0.1) is 6.92 Å². The van der Waals surface area contributed by atoms with Gasteiger partial charge in [-0.25, -0.2) is 0 Å². The molecule has 1 aromatic carbocycles. The van der Waals surface area contributed by atoms with Gasteiger partial charge in [-0.05, 0) is 44.2 Å². The maximum absolute atomic E-state index is 11.9. The summed E-state index contributed by atoms with van der Waals surface area (Å²) >= 11 is 0. The summed E-state index contributed by atoms with van der Waals surface area (Å²) in [6, 6.07) is 6.82. The largest absolute Gasteiger partial charge is 0.361 e. The van der Waals surface area contributed by atoms with Crippen LogP contribution < -0.4 is 10.6 Å². The van der Waals surface area contributed by atoms with Crippen LogP contribution >= 0.6 is 0 Å². The lowest BCUT2D eigenvalue weighted by molar-refractivity contribution is -0.130. The molecule has 2 aromatic rings. The first-order valence-corrected chi connectivity index (χ1v) is 11.0. The molecule has 1 aromatic heterocycles. The van der Waals surface area contributed by atoms with Gasteiger partial charge >= 0.3 is 0 Å². The third-order valence-corrected chi connectivity index (χ3v) is 5.79. The molecule has 7 nitrogen and oxygen atoms in total. The Kier molecular flexibility index (Phi) is 7.74. The van der Waals surface area contributed by atoms with Crippen LogP contribution in [0.3, 0.4) is 0 Å².